The maximum Gasteiger partial charge on any atom is 0.248 e. The van der Waals surface area contributed by atoms with Crippen molar-refractivity contribution in [1.29, 1.82) is 0 Å². The summed E-state index contributed by atoms with van der Waals surface area (Å²) >= 11 is 0. The van der Waals surface area contributed by atoms with Gasteiger partial charge in [0.25, 0.3) is 0 Å². The second-order valence-corrected chi connectivity index (χ2v) is 3.86. The summed E-state index contributed by atoms with van der Waals surface area (Å²) in [5.41, 5.74) is 7.93. The van der Waals surface area contributed by atoms with Crippen molar-refractivity contribution in [2.24, 2.45) is 0 Å². The van der Waals surface area contributed by atoms with Gasteiger partial charge in [-0.3, -0.25) is 4.79 Å². The van der Waals surface area contributed by atoms with Crippen LogP contribution in [0.25, 0.3) is 6.08 Å². The van der Waals surface area contributed by atoms with E-state index in [1.54, 1.807) is 30.3 Å². The van der Waals surface area contributed by atoms with Crippen molar-refractivity contribution in [3.05, 3.63) is 66.2 Å². The Labute approximate surface area is 106 Å². The molecule has 18 heavy (non-hydrogen) atoms. The summed E-state index contributed by atoms with van der Waals surface area (Å²) in [5.74, 6) is -0.176. The molecule has 0 heterocycles. The molecule has 2 aromatic carbocycles. The standard InChI is InChI=1S/C15H14N2O/c16-13-7-4-8-14(11-13)17-15(18)10-9-12-5-2-1-3-6-12/h1-11H,16H2,(H,17,18)/b10-9+. The molecular formula is C15H14N2O. The fourth-order valence-electron chi connectivity index (χ4n) is 1.54. The Kier molecular flexibility index (Phi) is 3.76. The van der Waals surface area contributed by atoms with E-state index in [1.165, 1.54) is 6.08 Å². The lowest BCUT2D eigenvalue weighted by Gasteiger charge is -2.02. The van der Waals surface area contributed by atoms with Crippen LogP contribution in [0, 0.1) is 0 Å². The average Bonchev–Trinajstić information content (AvgIpc) is 2.38. The lowest BCUT2D eigenvalue weighted by molar-refractivity contribution is -0.111. The second kappa shape index (κ2) is 5.68. The van der Waals surface area contributed by atoms with Gasteiger partial charge in [-0.05, 0) is 29.8 Å². The van der Waals surface area contributed by atoms with Gasteiger partial charge in [0.2, 0.25) is 5.91 Å². The first-order chi connectivity index (χ1) is 8.74. The molecule has 0 fully saturated rings. The van der Waals surface area contributed by atoms with Crippen LogP contribution in [0.5, 0.6) is 0 Å². The highest BCUT2D eigenvalue weighted by Gasteiger charge is 1.97. The number of hydrogen-bond donors (Lipinski definition) is 2. The Morgan fingerprint density at radius 2 is 1.83 bits per heavy atom. The lowest BCUT2D eigenvalue weighted by Crippen LogP contribution is -2.07. The monoisotopic (exact) mass is 238 g/mol. The van der Waals surface area contributed by atoms with Crippen LogP contribution in [0.1, 0.15) is 5.56 Å². The van der Waals surface area contributed by atoms with Gasteiger partial charge in [0.15, 0.2) is 0 Å². The van der Waals surface area contributed by atoms with Gasteiger partial charge in [0, 0.05) is 17.5 Å². The highest BCUT2D eigenvalue weighted by atomic mass is 16.1. The van der Waals surface area contributed by atoms with Crippen LogP contribution in [-0.4, -0.2) is 5.91 Å². The third-order valence-electron chi connectivity index (χ3n) is 2.38. The molecule has 0 saturated heterocycles. The summed E-state index contributed by atoms with van der Waals surface area (Å²) in [7, 11) is 0. The summed E-state index contributed by atoms with van der Waals surface area (Å²) in [6.07, 6.45) is 3.26. The topological polar surface area (TPSA) is 55.1 Å². The van der Waals surface area contributed by atoms with E-state index in [-0.39, 0.29) is 5.91 Å². The molecule has 1 amide bonds. The van der Waals surface area contributed by atoms with E-state index in [4.69, 9.17) is 5.73 Å². The number of nitrogens with two attached hydrogens (primary N) is 1. The molecule has 0 unspecified atom stereocenters. The van der Waals surface area contributed by atoms with Crippen LogP contribution in [-0.2, 0) is 4.79 Å². The summed E-state index contributed by atoms with van der Waals surface area (Å²) in [5, 5.41) is 2.75. The van der Waals surface area contributed by atoms with Crippen LogP contribution in [0.3, 0.4) is 0 Å². The van der Waals surface area contributed by atoms with E-state index >= 15 is 0 Å². The van der Waals surface area contributed by atoms with Gasteiger partial charge in [-0.1, -0.05) is 36.4 Å². The van der Waals surface area contributed by atoms with Crippen LogP contribution < -0.4 is 11.1 Å². The lowest BCUT2D eigenvalue weighted by atomic mass is 10.2. The molecule has 0 saturated carbocycles. The van der Waals surface area contributed by atoms with Gasteiger partial charge in [-0.2, -0.15) is 0 Å². The molecule has 2 rings (SSSR count). The number of anilines is 2. The zero-order valence-corrected chi connectivity index (χ0v) is 9.84. The molecule has 90 valence electrons. The van der Waals surface area contributed by atoms with Crippen LogP contribution in [0.4, 0.5) is 11.4 Å². The molecule has 0 aliphatic rings. The minimum Gasteiger partial charge on any atom is -0.399 e. The highest BCUT2D eigenvalue weighted by molar-refractivity contribution is 6.02. The third-order valence-corrected chi connectivity index (χ3v) is 2.38. The molecule has 0 bridgehead atoms. The fraction of sp³-hybridized carbons (Fsp3) is 0. The Morgan fingerprint density at radius 3 is 2.56 bits per heavy atom. The normalized spacial score (nSPS) is 10.4. The zero-order chi connectivity index (χ0) is 12.8. The first kappa shape index (κ1) is 11.9. The first-order valence-corrected chi connectivity index (χ1v) is 5.64. The average molecular weight is 238 g/mol. The van der Waals surface area contributed by atoms with Crippen molar-refractivity contribution in [3.8, 4) is 0 Å². The number of benzene rings is 2. The predicted molar refractivity (Wildman–Crippen MR) is 75.0 cm³/mol. The second-order valence-electron chi connectivity index (χ2n) is 3.86. The Balaban J connectivity index is 1.99. The molecule has 0 aliphatic carbocycles. The largest absolute Gasteiger partial charge is 0.399 e. The van der Waals surface area contributed by atoms with E-state index in [1.807, 2.05) is 30.3 Å². The van der Waals surface area contributed by atoms with Crippen LogP contribution in [0.15, 0.2) is 60.7 Å². The van der Waals surface area contributed by atoms with E-state index in [2.05, 4.69) is 5.32 Å². The molecule has 0 radical (unpaired) electrons. The molecule has 0 aromatic heterocycles. The van der Waals surface area contributed by atoms with Gasteiger partial charge in [-0.15, -0.1) is 0 Å². The Bertz CT molecular complexity index is 562. The van der Waals surface area contributed by atoms with E-state index < -0.39 is 0 Å². The minimum absolute atomic E-state index is 0.176. The summed E-state index contributed by atoms with van der Waals surface area (Å²) in [4.78, 5) is 11.7. The molecule has 0 atom stereocenters. The van der Waals surface area contributed by atoms with Crippen LogP contribution >= 0.6 is 0 Å². The maximum absolute atomic E-state index is 11.7. The van der Waals surface area contributed by atoms with Gasteiger partial charge >= 0.3 is 0 Å². The minimum atomic E-state index is -0.176. The molecule has 3 nitrogen and oxygen atoms in total. The Hall–Kier alpha value is -2.55. The van der Waals surface area contributed by atoms with Gasteiger partial charge in [0.1, 0.15) is 0 Å². The smallest absolute Gasteiger partial charge is 0.248 e. The van der Waals surface area contributed by atoms with Gasteiger partial charge < -0.3 is 11.1 Å². The number of amides is 1. The zero-order valence-electron chi connectivity index (χ0n) is 9.84. The highest BCUT2D eigenvalue weighted by Crippen LogP contribution is 2.11. The number of nitrogens with one attached hydrogen (secondary N) is 1. The molecule has 3 N–H and O–H groups in total. The molecule has 2 aromatic rings. The fourth-order valence-corrected chi connectivity index (χ4v) is 1.54. The van der Waals surface area contributed by atoms with Crippen molar-refractivity contribution in [1.82, 2.24) is 0 Å². The molecule has 3 heteroatoms. The number of carbonyl (C=O) groups is 1. The SMILES string of the molecule is Nc1cccc(NC(=O)/C=C/c2ccccc2)c1. The van der Waals surface area contributed by atoms with Crippen molar-refractivity contribution >= 4 is 23.4 Å². The maximum atomic E-state index is 11.7. The van der Waals surface area contributed by atoms with E-state index in [0.29, 0.717) is 11.4 Å². The molecular weight excluding hydrogens is 224 g/mol. The predicted octanol–water partition coefficient (Wildman–Crippen LogP) is 2.92. The summed E-state index contributed by atoms with van der Waals surface area (Å²) < 4.78 is 0. The number of nitrogen functional groups attached to an aromatic ring is 1. The Morgan fingerprint density at radius 1 is 1.06 bits per heavy atom. The van der Waals surface area contributed by atoms with Crippen LogP contribution in [0.2, 0.25) is 0 Å². The molecule has 0 spiro atoms. The van der Waals surface area contributed by atoms with Gasteiger partial charge in [-0.25, -0.2) is 0 Å². The van der Waals surface area contributed by atoms with Crippen molar-refractivity contribution in [3.63, 3.8) is 0 Å². The number of hydrogen-bond acceptors (Lipinski definition) is 2. The molecule has 0 aliphatic heterocycles. The van der Waals surface area contributed by atoms with Crippen molar-refractivity contribution in [2.45, 2.75) is 0 Å². The van der Waals surface area contributed by atoms with E-state index in [0.717, 1.165) is 5.56 Å². The number of rotatable bonds is 3. The third kappa shape index (κ3) is 3.49. The number of carbonyl (C=O) groups excluding carboxylic acids is 1. The van der Waals surface area contributed by atoms with Crippen molar-refractivity contribution in [2.75, 3.05) is 11.1 Å². The summed E-state index contributed by atoms with van der Waals surface area (Å²) in [6.45, 7) is 0. The van der Waals surface area contributed by atoms with Crippen molar-refractivity contribution < 1.29 is 4.79 Å². The first-order valence-electron chi connectivity index (χ1n) is 5.64. The summed E-state index contributed by atoms with van der Waals surface area (Å²) in [6, 6.07) is 16.7. The van der Waals surface area contributed by atoms with E-state index in [9.17, 15) is 4.79 Å². The van der Waals surface area contributed by atoms with Gasteiger partial charge in [0.05, 0.1) is 0 Å². The quantitative estimate of drug-likeness (QED) is 0.638.